The average molecular weight is 681 g/mol. The van der Waals surface area contributed by atoms with Crippen LogP contribution < -0.4 is 0 Å². The number of hydrogen-bond acceptors (Lipinski definition) is 0. The topological polar surface area (TPSA) is 0 Å². The maximum atomic E-state index is 2.43. The molecule has 0 aromatic heterocycles. The highest BCUT2D eigenvalue weighted by molar-refractivity contribution is 6.29. The van der Waals surface area contributed by atoms with Crippen LogP contribution in [0.5, 0.6) is 0 Å². The van der Waals surface area contributed by atoms with Gasteiger partial charge < -0.3 is 0 Å². The Kier molecular flexibility index (Phi) is 6.15. The lowest BCUT2D eigenvalue weighted by atomic mass is 9.82. The molecule has 2 aliphatic carbocycles. The fourth-order valence-electron chi connectivity index (χ4n) is 9.68. The van der Waals surface area contributed by atoms with E-state index in [-0.39, 0.29) is 0 Å². The third-order valence-electron chi connectivity index (χ3n) is 11.9. The van der Waals surface area contributed by atoms with Crippen LogP contribution in [0.2, 0.25) is 0 Å². The van der Waals surface area contributed by atoms with Crippen molar-refractivity contribution in [2.75, 3.05) is 0 Å². The zero-order valence-corrected chi connectivity index (χ0v) is 29.5. The zero-order valence-electron chi connectivity index (χ0n) is 29.5. The molecule has 10 aromatic rings. The van der Waals surface area contributed by atoms with Gasteiger partial charge in [-0.2, -0.15) is 0 Å². The Bertz CT molecular complexity index is 3170. The Morgan fingerprint density at radius 3 is 1.44 bits per heavy atom. The van der Waals surface area contributed by atoms with Crippen molar-refractivity contribution in [3.63, 3.8) is 0 Å². The standard InChI is InChI=1S/C54H32/c1-4-13-33(14-5-1)37-25-28-44-48(31-37)51(36-17-8-3-9-18-36)53-45-24-12-23-41-39(29-30-46(52(41)45)54(53)50(44)35-15-6-2-7-16-35)38-26-27-40-42-21-10-19-34-20-11-22-43(49(34)42)47(40)32-38/h1-32H. The van der Waals surface area contributed by atoms with Crippen LogP contribution in [-0.2, 0) is 0 Å². The molecule has 0 heterocycles. The third-order valence-corrected chi connectivity index (χ3v) is 11.9. The summed E-state index contributed by atoms with van der Waals surface area (Å²) in [5.74, 6) is 0. The Labute approximate surface area is 314 Å². The van der Waals surface area contributed by atoms with Crippen LogP contribution >= 0.6 is 0 Å². The molecule has 0 saturated heterocycles. The van der Waals surface area contributed by atoms with Crippen LogP contribution in [0.25, 0.3) is 121 Å². The van der Waals surface area contributed by atoms with E-state index in [2.05, 4.69) is 194 Å². The zero-order chi connectivity index (χ0) is 35.3. The molecule has 0 spiro atoms. The van der Waals surface area contributed by atoms with Crippen molar-refractivity contribution in [3.8, 4) is 89.0 Å². The normalized spacial score (nSPS) is 12.1. The summed E-state index contributed by atoms with van der Waals surface area (Å²) < 4.78 is 0. The van der Waals surface area contributed by atoms with Gasteiger partial charge in [0.2, 0.25) is 0 Å². The maximum Gasteiger partial charge on any atom is -0.000741 e. The van der Waals surface area contributed by atoms with E-state index in [0.29, 0.717) is 0 Å². The summed E-state index contributed by atoms with van der Waals surface area (Å²) in [6.45, 7) is 0. The van der Waals surface area contributed by atoms with Crippen molar-refractivity contribution in [1.82, 2.24) is 0 Å². The summed E-state index contributed by atoms with van der Waals surface area (Å²) in [6.07, 6.45) is 0. The lowest BCUT2D eigenvalue weighted by Gasteiger charge is -2.21. The van der Waals surface area contributed by atoms with Gasteiger partial charge in [-0.15, -0.1) is 0 Å². The van der Waals surface area contributed by atoms with Crippen LogP contribution in [0, 0.1) is 0 Å². The SMILES string of the molecule is c1ccc(-c2ccc3c(-c4ccccc4)c4c(c(-c5ccccc5)c3c2)-c2cccc3c(-c5ccc6c(c5)-c5cccc7cccc-6c57)ccc-4c23)cc1. The van der Waals surface area contributed by atoms with Crippen molar-refractivity contribution in [1.29, 1.82) is 0 Å². The van der Waals surface area contributed by atoms with Gasteiger partial charge in [0.1, 0.15) is 0 Å². The van der Waals surface area contributed by atoms with Gasteiger partial charge in [0.25, 0.3) is 0 Å². The van der Waals surface area contributed by atoms with Gasteiger partial charge in [-0.3, -0.25) is 0 Å². The molecule has 0 saturated carbocycles. The predicted molar refractivity (Wildman–Crippen MR) is 230 cm³/mol. The lowest BCUT2D eigenvalue weighted by Crippen LogP contribution is -1.94. The largest absolute Gasteiger partial charge is 0.0622 e. The predicted octanol–water partition coefficient (Wildman–Crippen LogP) is 15.1. The number of hydrogen-bond donors (Lipinski definition) is 0. The number of benzene rings is 10. The lowest BCUT2D eigenvalue weighted by molar-refractivity contribution is 1.61. The van der Waals surface area contributed by atoms with Crippen LogP contribution in [0.3, 0.4) is 0 Å². The van der Waals surface area contributed by atoms with Gasteiger partial charge in [-0.25, -0.2) is 0 Å². The van der Waals surface area contributed by atoms with E-state index in [1.807, 2.05) is 0 Å². The van der Waals surface area contributed by atoms with Crippen molar-refractivity contribution in [2.24, 2.45) is 0 Å². The molecular weight excluding hydrogens is 649 g/mol. The van der Waals surface area contributed by atoms with Gasteiger partial charge >= 0.3 is 0 Å². The fourth-order valence-corrected chi connectivity index (χ4v) is 9.68. The second-order valence-electron chi connectivity index (χ2n) is 14.7. The maximum absolute atomic E-state index is 2.43. The van der Waals surface area contributed by atoms with Gasteiger partial charge in [-0.1, -0.05) is 182 Å². The molecule has 0 radical (unpaired) electrons. The van der Waals surface area contributed by atoms with E-state index in [4.69, 9.17) is 0 Å². The summed E-state index contributed by atoms with van der Waals surface area (Å²) in [7, 11) is 0. The van der Waals surface area contributed by atoms with Crippen LogP contribution in [0.15, 0.2) is 194 Å². The minimum absolute atomic E-state index is 1.23. The highest BCUT2D eigenvalue weighted by atomic mass is 14.3. The molecule has 0 N–H and O–H groups in total. The molecule has 0 nitrogen and oxygen atoms in total. The van der Waals surface area contributed by atoms with Crippen LogP contribution in [0.4, 0.5) is 0 Å². The second kappa shape index (κ2) is 11.2. The third kappa shape index (κ3) is 4.08. The van der Waals surface area contributed by atoms with E-state index < -0.39 is 0 Å². The molecule has 0 atom stereocenters. The molecule has 0 unspecified atom stereocenters. The van der Waals surface area contributed by atoms with Crippen LogP contribution in [-0.4, -0.2) is 0 Å². The minimum atomic E-state index is 1.23. The molecule has 10 aromatic carbocycles. The molecule has 2 aliphatic rings. The Morgan fingerprint density at radius 1 is 0.204 bits per heavy atom. The second-order valence-corrected chi connectivity index (χ2v) is 14.7. The summed E-state index contributed by atoms with van der Waals surface area (Å²) >= 11 is 0. The molecule has 0 fully saturated rings. The Morgan fingerprint density at radius 2 is 0.741 bits per heavy atom. The summed E-state index contributed by atoms with van der Waals surface area (Å²) in [4.78, 5) is 0. The highest BCUT2D eigenvalue weighted by Crippen LogP contribution is 2.59. The summed E-state index contributed by atoms with van der Waals surface area (Å²) in [6, 6.07) is 72.2. The molecular formula is C54H32. The van der Waals surface area contributed by atoms with E-state index in [9.17, 15) is 0 Å². The Balaban J connectivity index is 1.16. The summed E-state index contributed by atoms with van der Waals surface area (Å²) in [5, 5.41) is 7.85. The fraction of sp³-hybridized carbons (Fsp3) is 0. The van der Waals surface area contributed by atoms with E-state index >= 15 is 0 Å². The van der Waals surface area contributed by atoms with Crippen molar-refractivity contribution >= 4 is 32.3 Å². The van der Waals surface area contributed by atoms with Gasteiger partial charge in [-0.05, 0) is 133 Å². The molecule has 0 bridgehead atoms. The molecule has 0 aliphatic heterocycles. The molecule has 248 valence electrons. The van der Waals surface area contributed by atoms with Crippen molar-refractivity contribution in [2.45, 2.75) is 0 Å². The quantitative estimate of drug-likeness (QED) is 0.174. The van der Waals surface area contributed by atoms with Gasteiger partial charge in [0.15, 0.2) is 0 Å². The van der Waals surface area contributed by atoms with Gasteiger partial charge in [0.05, 0.1) is 0 Å². The summed E-state index contributed by atoms with van der Waals surface area (Å²) in [5.41, 5.74) is 20.6. The molecule has 54 heavy (non-hydrogen) atoms. The molecule has 0 amide bonds. The van der Waals surface area contributed by atoms with Gasteiger partial charge in [0, 0.05) is 0 Å². The first-order valence-corrected chi connectivity index (χ1v) is 18.9. The molecule has 0 heteroatoms. The van der Waals surface area contributed by atoms with Crippen molar-refractivity contribution in [3.05, 3.63) is 194 Å². The average Bonchev–Trinajstić information content (AvgIpc) is 3.75. The molecule has 12 rings (SSSR count). The van der Waals surface area contributed by atoms with Crippen molar-refractivity contribution < 1.29 is 0 Å². The first-order chi connectivity index (χ1) is 26.8. The Hall–Kier alpha value is -7.02. The first-order valence-electron chi connectivity index (χ1n) is 18.9. The van der Waals surface area contributed by atoms with E-state index in [1.165, 1.54) is 121 Å². The number of rotatable bonds is 4. The monoisotopic (exact) mass is 680 g/mol. The van der Waals surface area contributed by atoms with E-state index in [1.54, 1.807) is 0 Å². The van der Waals surface area contributed by atoms with E-state index in [0.717, 1.165) is 0 Å². The smallest absolute Gasteiger partial charge is 0.000741 e. The first kappa shape index (κ1) is 29.5. The highest BCUT2D eigenvalue weighted by Gasteiger charge is 2.32. The minimum Gasteiger partial charge on any atom is -0.0622 e. The number of fused-ring (bicyclic) bond motifs is 7. The van der Waals surface area contributed by atoms with Crippen LogP contribution in [0.1, 0.15) is 0 Å².